The Morgan fingerprint density at radius 1 is 1.33 bits per heavy atom. The van der Waals surface area contributed by atoms with E-state index in [0.29, 0.717) is 6.04 Å². The molecule has 1 aromatic heterocycles. The third-order valence-corrected chi connectivity index (χ3v) is 3.92. The van der Waals surface area contributed by atoms with Gasteiger partial charge in [-0.05, 0) is 49.4 Å². The van der Waals surface area contributed by atoms with Crippen LogP contribution < -0.4 is 5.32 Å². The maximum absolute atomic E-state index is 13.6. The van der Waals surface area contributed by atoms with Crippen LogP contribution in [0.5, 0.6) is 0 Å². The third kappa shape index (κ3) is 3.32. The Balaban J connectivity index is 1.92. The molecule has 2 aromatic rings. The Morgan fingerprint density at radius 3 is 2.86 bits per heavy atom. The van der Waals surface area contributed by atoms with Gasteiger partial charge in [0, 0.05) is 30.9 Å². The van der Waals surface area contributed by atoms with Crippen LogP contribution in [0.25, 0.3) is 11.1 Å². The molecule has 0 saturated heterocycles. The van der Waals surface area contributed by atoms with Crippen molar-refractivity contribution in [2.45, 2.75) is 52.2 Å². The number of halogens is 1. The molecule has 3 nitrogen and oxygen atoms in total. The fourth-order valence-electron chi connectivity index (χ4n) is 2.64. The zero-order chi connectivity index (χ0) is 14.8. The molecular formula is C17H22FN3. The highest BCUT2D eigenvalue weighted by molar-refractivity contribution is 5.68. The smallest absolute Gasteiger partial charge is 0.123 e. The van der Waals surface area contributed by atoms with Gasteiger partial charge in [0.2, 0.25) is 0 Å². The van der Waals surface area contributed by atoms with Gasteiger partial charge in [-0.15, -0.1) is 0 Å². The van der Waals surface area contributed by atoms with Gasteiger partial charge in [-0.1, -0.05) is 13.0 Å². The maximum Gasteiger partial charge on any atom is 0.123 e. The highest BCUT2D eigenvalue weighted by Crippen LogP contribution is 2.28. The first kappa shape index (κ1) is 14.3. The summed E-state index contributed by atoms with van der Waals surface area (Å²) in [6.45, 7) is 5.79. The number of aromatic nitrogens is 2. The zero-order valence-electron chi connectivity index (χ0n) is 12.7. The first-order chi connectivity index (χ1) is 10.2. The minimum Gasteiger partial charge on any atom is -0.310 e. The molecule has 1 aromatic carbocycles. The van der Waals surface area contributed by atoms with Crippen LogP contribution in [0.1, 0.15) is 37.4 Å². The molecular weight excluding hydrogens is 265 g/mol. The van der Waals surface area contributed by atoms with Crippen LogP contribution in [0.4, 0.5) is 4.39 Å². The minimum atomic E-state index is -0.176. The highest BCUT2D eigenvalue weighted by Gasteiger charge is 2.21. The second-order valence-electron chi connectivity index (χ2n) is 5.85. The number of nitrogens with zero attached hydrogens (tertiary/aromatic N) is 2. The predicted octanol–water partition coefficient (Wildman–Crippen LogP) is 3.66. The number of nitrogens with one attached hydrogen (secondary N) is 1. The summed E-state index contributed by atoms with van der Waals surface area (Å²) >= 11 is 0. The normalized spacial score (nSPS) is 14.6. The van der Waals surface area contributed by atoms with E-state index in [1.807, 2.05) is 17.7 Å². The van der Waals surface area contributed by atoms with Crippen molar-refractivity contribution in [2.24, 2.45) is 0 Å². The predicted molar refractivity (Wildman–Crippen MR) is 82.5 cm³/mol. The van der Waals surface area contributed by atoms with Crippen LogP contribution in [-0.4, -0.2) is 15.8 Å². The zero-order valence-corrected chi connectivity index (χ0v) is 12.7. The highest BCUT2D eigenvalue weighted by atomic mass is 19.1. The van der Waals surface area contributed by atoms with E-state index in [1.54, 1.807) is 6.07 Å². The van der Waals surface area contributed by atoms with Crippen molar-refractivity contribution >= 4 is 0 Å². The molecule has 1 N–H and O–H groups in total. The van der Waals surface area contributed by atoms with Gasteiger partial charge >= 0.3 is 0 Å². The van der Waals surface area contributed by atoms with Crippen molar-refractivity contribution in [1.82, 2.24) is 15.1 Å². The number of aryl methyl sites for hydroxylation is 2. The van der Waals surface area contributed by atoms with E-state index in [4.69, 9.17) is 0 Å². The summed E-state index contributed by atoms with van der Waals surface area (Å²) in [6, 6.07) is 5.66. The lowest BCUT2D eigenvalue weighted by Gasteiger charge is -2.10. The summed E-state index contributed by atoms with van der Waals surface area (Å²) < 4.78 is 15.6. The van der Waals surface area contributed by atoms with Crippen LogP contribution in [0.2, 0.25) is 0 Å². The molecule has 0 radical (unpaired) electrons. The van der Waals surface area contributed by atoms with E-state index in [9.17, 15) is 4.39 Å². The lowest BCUT2D eigenvalue weighted by molar-refractivity contribution is 0.598. The molecule has 112 valence electrons. The van der Waals surface area contributed by atoms with E-state index >= 15 is 0 Å². The summed E-state index contributed by atoms with van der Waals surface area (Å²) in [7, 11) is 0. The Bertz CT molecular complexity index is 629. The molecule has 0 amide bonds. The molecule has 0 atom stereocenters. The number of rotatable bonds is 6. The van der Waals surface area contributed by atoms with Crippen molar-refractivity contribution in [3.63, 3.8) is 0 Å². The summed E-state index contributed by atoms with van der Waals surface area (Å²) in [6.07, 6.45) is 5.60. The van der Waals surface area contributed by atoms with Gasteiger partial charge in [-0.25, -0.2) is 4.39 Å². The van der Waals surface area contributed by atoms with Gasteiger partial charge in [0.25, 0.3) is 0 Å². The Kier molecular flexibility index (Phi) is 4.06. The van der Waals surface area contributed by atoms with Gasteiger partial charge < -0.3 is 5.32 Å². The quantitative estimate of drug-likeness (QED) is 0.878. The molecule has 0 bridgehead atoms. The lowest BCUT2D eigenvalue weighted by atomic mass is 10.00. The SMILES string of the molecule is CCCn1cc(-c2ccc(F)cc2CNC2CC2)c(C)n1. The molecule has 1 heterocycles. The molecule has 1 fully saturated rings. The number of benzene rings is 1. The maximum atomic E-state index is 13.6. The van der Waals surface area contributed by atoms with Crippen LogP contribution in [-0.2, 0) is 13.1 Å². The fourth-order valence-corrected chi connectivity index (χ4v) is 2.64. The standard InChI is InChI=1S/C17H22FN3/c1-3-8-21-11-17(12(2)20-21)16-7-4-14(18)9-13(16)10-19-15-5-6-15/h4,7,9,11,15,19H,3,5-6,8,10H2,1-2H3. The van der Waals surface area contributed by atoms with Gasteiger partial charge in [-0.2, -0.15) is 5.10 Å². The summed E-state index contributed by atoms with van der Waals surface area (Å²) in [5.74, 6) is -0.176. The van der Waals surface area contributed by atoms with Crippen LogP contribution >= 0.6 is 0 Å². The summed E-state index contributed by atoms with van der Waals surface area (Å²) in [5.41, 5.74) is 4.21. The molecule has 0 unspecified atom stereocenters. The Hall–Kier alpha value is -1.68. The van der Waals surface area contributed by atoms with Crippen molar-refractivity contribution < 1.29 is 4.39 Å². The van der Waals surface area contributed by atoms with Gasteiger partial charge in [0.1, 0.15) is 5.82 Å². The lowest BCUT2D eigenvalue weighted by Crippen LogP contribution is -2.16. The Morgan fingerprint density at radius 2 is 2.14 bits per heavy atom. The number of hydrogen-bond acceptors (Lipinski definition) is 2. The first-order valence-electron chi connectivity index (χ1n) is 7.73. The molecule has 1 saturated carbocycles. The Labute approximate surface area is 125 Å². The molecule has 0 aliphatic heterocycles. The van der Waals surface area contributed by atoms with Crippen LogP contribution in [0, 0.1) is 12.7 Å². The number of hydrogen-bond donors (Lipinski definition) is 1. The first-order valence-corrected chi connectivity index (χ1v) is 7.73. The van der Waals surface area contributed by atoms with E-state index in [-0.39, 0.29) is 5.82 Å². The van der Waals surface area contributed by atoms with Crippen molar-refractivity contribution in [3.05, 3.63) is 41.5 Å². The molecule has 3 rings (SSSR count). The van der Waals surface area contributed by atoms with Crippen LogP contribution in [0.15, 0.2) is 24.4 Å². The average molecular weight is 287 g/mol. The van der Waals surface area contributed by atoms with Gasteiger partial charge in [-0.3, -0.25) is 4.68 Å². The van der Waals surface area contributed by atoms with Gasteiger partial charge in [0.15, 0.2) is 0 Å². The average Bonchev–Trinajstić information content (AvgIpc) is 3.21. The summed E-state index contributed by atoms with van der Waals surface area (Å²) in [5, 5.41) is 8.02. The topological polar surface area (TPSA) is 29.9 Å². The van der Waals surface area contributed by atoms with Crippen molar-refractivity contribution in [3.8, 4) is 11.1 Å². The summed E-state index contributed by atoms with van der Waals surface area (Å²) in [4.78, 5) is 0. The van der Waals surface area contributed by atoms with Gasteiger partial charge in [0.05, 0.1) is 5.69 Å². The molecule has 4 heteroatoms. The fraction of sp³-hybridized carbons (Fsp3) is 0.471. The second-order valence-corrected chi connectivity index (χ2v) is 5.85. The van der Waals surface area contributed by atoms with Crippen LogP contribution in [0.3, 0.4) is 0 Å². The van der Waals surface area contributed by atoms with E-state index in [2.05, 4.69) is 23.5 Å². The monoisotopic (exact) mass is 287 g/mol. The molecule has 1 aliphatic carbocycles. The van der Waals surface area contributed by atoms with Crippen molar-refractivity contribution in [1.29, 1.82) is 0 Å². The third-order valence-electron chi connectivity index (χ3n) is 3.92. The minimum absolute atomic E-state index is 0.176. The van der Waals surface area contributed by atoms with Crippen molar-refractivity contribution in [2.75, 3.05) is 0 Å². The molecule has 1 aliphatic rings. The van der Waals surface area contributed by atoms with E-state index < -0.39 is 0 Å². The molecule has 21 heavy (non-hydrogen) atoms. The van der Waals surface area contributed by atoms with E-state index in [0.717, 1.165) is 41.9 Å². The largest absolute Gasteiger partial charge is 0.310 e. The second kappa shape index (κ2) is 5.98. The molecule has 0 spiro atoms. The van der Waals surface area contributed by atoms with E-state index in [1.165, 1.54) is 18.9 Å².